The van der Waals surface area contributed by atoms with Crippen molar-refractivity contribution in [2.24, 2.45) is 11.8 Å². The third-order valence-electron chi connectivity index (χ3n) is 4.89. The van der Waals surface area contributed by atoms with Crippen molar-refractivity contribution in [1.82, 2.24) is 4.90 Å². The van der Waals surface area contributed by atoms with Crippen LogP contribution < -0.4 is 5.32 Å². The number of carbonyl (C=O) groups excluding carboxylic acids is 2. The Labute approximate surface area is 179 Å². The molecule has 1 N–H and O–H groups in total. The van der Waals surface area contributed by atoms with E-state index in [4.69, 9.17) is 4.42 Å². The molecule has 28 heavy (non-hydrogen) atoms. The van der Waals surface area contributed by atoms with Gasteiger partial charge in [0.25, 0.3) is 5.91 Å². The standard InChI is InChI=1S/C22H25IN2O3/c1-14-10-15(2)13-25(12-14)22(27)17-5-4-16(3)19(11-17)24-21(26)9-7-18-6-8-20(23)28-18/h4-9,11,14-15H,10,12-13H2,1-3H3,(H,24,26)/b9-7+. The minimum absolute atomic E-state index is 0.0228. The van der Waals surface area contributed by atoms with E-state index in [1.54, 1.807) is 18.2 Å². The summed E-state index contributed by atoms with van der Waals surface area (Å²) in [6.45, 7) is 7.84. The SMILES string of the molecule is Cc1ccc(C(=O)N2CC(C)CC(C)C2)cc1NC(=O)/C=C/c1ccc(I)o1. The van der Waals surface area contributed by atoms with Crippen LogP contribution in [0.25, 0.3) is 6.08 Å². The average Bonchev–Trinajstić information content (AvgIpc) is 3.06. The van der Waals surface area contributed by atoms with Crippen LogP contribution in [0.5, 0.6) is 0 Å². The van der Waals surface area contributed by atoms with Crippen molar-refractivity contribution in [2.45, 2.75) is 27.2 Å². The van der Waals surface area contributed by atoms with Crippen molar-refractivity contribution in [3.63, 3.8) is 0 Å². The molecule has 0 aliphatic carbocycles. The summed E-state index contributed by atoms with van der Waals surface area (Å²) < 4.78 is 6.18. The highest BCUT2D eigenvalue weighted by atomic mass is 127. The first-order valence-electron chi connectivity index (χ1n) is 9.46. The predicted octanol–water partition coefficient (Wildman–Crippen LogP) is 4.96. The number of likely N-dealkylation sites (tertiary alicyclic amines) is 1. The summed E-state index contributed by atoms with van der Waals surface area (Å²) in [5.74, 6) is 1.39. The minimum Gasteiger partial charge on any atom is -0.451 e. The van der Waals surface area contributed by atoms with Crippen LogP contribution in [0.15, 0.2) is 40.8 Å². The monoisotopic (exact) mass is 492 g/mol. The van der Waals surface area contributed by atoms with Crippen LogP contribution in [0.4, 0.5) is 5.69 Å². The number of nitrogens with one attached hydrogen (secondary N) is 1. The molecule has 2 atom stereocenters. The summed E-state index contributed by atoms with van der Waals surface area (Å²) in [7, 11) is 0. The zero-order valence-electron chi connectivity index (χ0n) is 16.4. The van der Waals surface area contributed by atoms with Crippen molar-refractivity contribution in [1.29, 1.82) is 0 Å². The molecule has 0 radical (unpaired) electrons. The Hall–Kier alpha value is -2.09. The van der Waals surface area contributed by atoms with Gasteiger partial charge in [-0.1, -0.05) is 19.9 Å². The molecule has 0 spiro atoms. The second kappa shape index (κ2) is 8.94. The number of hydrogen-bond donors (Lipinski definition) is 1. The van der Waals surface area contributed by atoms with Crippen molar-refractivity contribution >= 4 is 46.2 Å². The molecule has 2 unspecified atom stereocenters. The fourth-order valence-corrected chi connectivity index (χ4v) is 4.09. The van der Waals surface area contributed by atoms with Crippen molar-refractivity contribution in [3.8, 4) is 0 Å². The van der Waals surface area contributed by atoms with Crippen LogP contribution in [-0.4, -0.2) is 29.8 Å². The molecular formula is C22H25IN2O3. The molecule has 148 valence electrons. The Balaban J connectivity index is 1.71. The van der Waals surface area contributed by atoms with Gasteiger partial charge in [-0.25, -0.2) is 0 Å². The molecule has 1 aliphatic rings. The lowest BCUT2D eigenvalue weighted by Crippen LogP contribution is -2.42. The van der Waals surface area contributed by atoms with Gasteiger partial charge in [0.15, 0.2) is 3.77 Å². The Morgan fingerprint density at radius 2 is 1.89 bits per heavy atom. The van der Waals surface area contributed by atoms with Crippen LogP contribution in [0.3, 0.4) is 0 Å². The quantitative estimate of drug-likeness (QED) is 0.485. The number of nitrogens with zero attached hydrogens (tertiary/aromatic N) is 1. The normalized spacial score (nSPS) is 19.8. The van der Waals surface area contributed by atoms with Gasteiger partial charge in [-0.2, -0.15) is 0 Å². The molecule has 0 saturated carbocycles. The van der Waals surface area contributed by atoms with Crippen molar-refractivity contribution in [3.05, 3.63) is 57.1 Å². The van der Waals surface area contributed by atoms with Gasteiger partial charge >= 0.3 is 0 Å². The van der Waals surface area contributed by atoms with Gasteiger partial charge in [0, 0.05) is 30.4 Å². The summed E-state index contributed by atoms with van der Waals surface area (Å²) in [5.41, 5.74) is 2.16. The van der Waals surface area contributed by atoms with Gasteiger partial charge in [0.05, 0.1) is 0 Å². The summed E-state index contributed by atoms with van der Waals surface area (Å²) in [4.78, 5) is 27.1. The Bertz CT molecular complexity index is 893. The second-order valence-corrected chi connectivity index (χ2v) is 8.71. The first kappa shape index (κ1) is 20.6. The maximum absolute atomic E-state index is 12.9. The van der Waals surface area contributed by atoms with E-state index in [-0.39, 0.29) is 11.8 Å². The van der Waals surface area contributed by atoms with Gasteiger partial charge in [0.1, 0.15) is 5.76 Å². The number of halogens is 1. The van der Waals surface area contributed by atoms with E-state index in [0.717, 1.165) is 28.8 Å². The number of anilines is 1. The first-order valence-corrected chi connectivity index (χ1v) is 10.5. The molecule has 3 rings (SSSR count). The minimum atomic E-state index is -0.265. The molecule has 2 amide bonds. The summed E-state index contributed by atoms with van der Waals surface area (Å²) in [6, 6.07) is 9.11. The lowest BCUT2D eigenvalue weighted by atomic mass is 9.91. The molecule has 5 nitrogen and oxygen atoms in total. The second-order valence-electron chi connectivity index (χ2n) is 7.65. The summed E-state index contributed by atoms with van der Waals surface area (Å²) in [5, 5.41) is 2.86. The summed E-state index contributed by atoms with van der Waals surface area (Å²) >= 11 is 2.07. The van der Waals surface area contributed by atoms with E-state index in [2.05, 4.69) is 41.8 Å². The van der Waals surface area contributed by atoms with Crippen molar-refractivity contribution in [2.75, 3.05) is 18.4 Å². The highest BCUT2D eigenvalue weighted by molar-refractivity contribution is 14.1. The number of amides is 2. The third-order valence-corrected chi connectivity index (χ3v) is 5.47. The molecule has 1 aliphatic heterocycles. The lowest BCUT2D eigenvalue weighted by molar-refractivity contribution is -0.111. The van der Waals surface area contributed by atoms with Gasteiger partial charge in [0.2, 0.25) is 5.91 Å². The number of aryl methyl sites for hydroxylation is 1. The van der Waals surface area contributed by atoms with E-state index in [1.807, 2.05) is 30.0 Å². The summed E-state index contributed by atoms with van der Waals surface area (Å²) in [6.07, 6.45) is 4.20. The van der Waals surface area contributed by atoms with Crippen LogP contribution in [0, 0.1) is 22.5 Å². The highest BCUT2D eigenvalue weighted by Crippen LogP contribution is 2.24. The Kier molecular flexibility index (Phi) is 6.59. The lowest BCUT2D eigenvalue weighted by Gasteiger charge is -2.35. The molecule has 6 heteroatoms. The highest BCUT2D eigenvalue weighted by Gasteiger charge is 2.26. The van der Waals surface area contributed by atoms with Crippen LogP contribution in [0.2, 0.25) is 0 Å². The smallest absolute Gasteiger partial charge is 0.253 e. The molecule has 1 aromatic heterocycles. The fourth-order valence-electron chi connectivity index (χ4n) is 3.65. The number of benzene rings is 1. The van der Waals surface area contributed by atoms with Gasteiger partial charge in [-0.3, -0.25) is 9.59 Å². The third kappa shape index (κ3) is 5.25. The number of furan rings is 1. The maximum Gasteiger partial charge on any atom is 0.253 e. The number of carbonyl (C=O) groups is 2. The molecule has 1 fully saturated rings. The van der Waals surface area contributed by atoms with Gasteiger partial charge in [-0.15, -0.1) is 0 Å². The number of hydrogen-bond acceptors (Lipinski definition) is 3. The van der Waals surface area contributed by atoms with Crippen LogP contribution in [0.1, 0.15) is 41.9 Å². The molecule has 1 saturated heterocycles. The molecule has 1 aromatic carbocycles. The van der Waals surface area contributed by atoms with Gasteiger partial charge < -0.3 is 14.6 Å². The van der Waals surface area contributed by atoms with E-state index >= 15 is 0 Å². The van der Waals surface area contributed by atoms with E-state index in [1.165, 1.54) is 6.08 Å². The topological polar surface area (TPSA) is 62.6 Å². The zero-order valence-corrected chi connectivity index (χ0v) is 18.5. The molecule has 0 bridgehead atoms. The molecule has 2 aromatic rings. The van der Waals surface area contributed by atoms with E-state index in [0.29, 0.717) is 28.8 Å². The largest absolute Gasteiger partial charge is 0.451 e. The van der Waals surface area contributed by atoms with Crippen LogP contribution in [-0.2, 0) is 4.79 Å². The molecule has 2 heterocycles. The molecular weight excluding hydrogens is 467 g/mol. The van der Waals surface area contributed by atoms with Crippen molar-refractivity contribution < 1.29 is 14.0 Å². The Morgan fingerprint density at radius 3 is 2.54 bits per heavy atom. The fraction of sp³-hybridized carbons (Fsp3) is 0.364. The predicted molar refractivity (Wildman–Crippen MR) is 119 cm³/mol. The number of rotatable bonds is 4. The maximum atomic E-state index is 12.9. The first-order chi connectivity index (χ1) is 13.3. The Morgan fingerprint density at radius 1 is 1.18 bits per heavy atom. The zero-order chi connectivity index (χ0) is 20.3. The van der Waals surface area contributed by atoms with E-state index < -0.39 is 0 Å². The van der Waals surface area contributed by atoms with Gasteiger partial charge in [-0.05, 0) is 83.7 Å². The van der Waals surface area contributed by atoms with E-state index in [9.17, 15) is 9.59 Å². The van der Waals surface area contributed by atoms with Crippen LogP contribution >= 0.6 is 22.6 Å². The average molecular weight is 492 g/mol. The number of piperidine rings is 1.